The zero-order valence-electron chi connectivity index (χ0n) is 52.4. The number of rotatable bonds is 41. The number of hydrogen-bond donors (Lipinski definition) is 16. The van der Waals surface area contributed by atoms with Gasteiger partial charge in [-0.2, -0.15) is 0 Å². The fourth-order valence-electron chi connectivity index (χ4n) is 9.14. The van der Waals surface area contributed by atoms with Crippen molar-refractivity contribution in [2.24, 2.45) is 74.0 Å². The number of phenolic OH excluding ortho intramolecular Hbond substituents is 1. The number of hydrogen-bond acceptors (Lipinski definition) is 14. The van der Waals surface area contributed by atoms with Crippen LogP contribution < -0.4 is 82.3 Å². The van der Waals surface area contributed by atoms with Crippen LogP contribution in [0.4, 0.5) is 0 Å². The van der Waals surface area contributed by atoms with Crippen LogP contribution in [-0.2, 0) is 54.4 Å². The van der Waals surface area contributed by atoms with Crippen molar-refractivity contribution in [3.63, 3.8) is 0 Å². The van der Waals surface area contributed by atoms with E-state index in [9.17, 15) is 53.1 Å². The smallest absolute Gasteiger partial charge is 0.243 e. The Balaban J connectivity index is 3.62. The van der Waals surface area contributed by atoms with Crippen LogP contribution in [0.3, 0.4) is 0 Å². The van der Waals surface area contributed by atoms with E-state index in [-0.39, 0.29) is 119 Å². The van der Waals surface area contributed by atoms with Crippen LogP contribution in [0.5, 0.6) is 5.75 Å². The molecular formula is C58H103N17O11. The molecule has 10 amide bonds. The summed E-state index contributed by atoms with van der Waals surface area (Å²) in [5.74, 6) is -8.51. The Hall–Kier alpha value is -7.78. The van der Waals surface area contributed by atoms with Gasteiger partial charge in [-0.25, -0.2) is 0 Å². The third-order valence-corrected chi connectivity index (χ3v) is 13.4. The van der Waals surface area contributed by atoms with E-state index in [1.807, 2.05) is 55.4 Å². The molecule has 0 aromatic heterocycles. The Labute approximate surface area is 507 Å². The number of phenols is 1. The van der Waals surface area contributed by atoms with E-state index >= 15 is 0 Å². The number of carbonyl (C=O) groups excluding carboxylic acids is 10. The lowest BCUT2D eigenvalue weighted by Gasteiger charge is -2.30. The highest BCUT2D eigenvalue weighted by Crippen LogP contribution is 2.16. The standard InChI is InChI=1S/C58H103N17O11/c1-31(2)26-43(67-36(11)76)52(82)72-45(28-33(5)6)54(84)74-46(29-34(7)8)55(85)73-44(27-32(3)4)53(83)69-41(18-15-25-66-58(63)64)51(81)75-47(35(9)10)56(86)70-39(16-12-13-23-59)49(79)68-40(17-14-24-65-57(61)62)50(80)71-42(48(60)78)30-37-19-21-38(77)22-20-37/h19-22,31-35,39-47,77H,12-18,23-30,59H2,1-11H3,(H2,60,78)(H,67,76)(H,68,79)(H,69,83)(H,70,86)(H,71,80)(H,72,82)(H,73,85)(H,74,84)(H,75,81)(H4,61,62,65)(H4,63,64,66)/t39-,40-,41-,42-,43-,44-,45-,46-,47-/m0/s1. The molecule has 0 saturated heterocycles. The number of nitrogens with zero attached hydrogens (tertiary/aromatic N) is 2. The number of benzene rings is 1. The van der Waals surface area contributed by atoms with Gasteiger partial charge in [0.15, 0.2) is 11.9 Å². The van der Waals surface area contributed by atoms with Crippen LogP contribution in [0.25, 0.3) is 0 Å². The van der Waals surface area contributed by atoms with Gasteiger partial charge in [-0.3, -0.25) is 57.9 Å². The summed E-state index contributed by atoms with van der Waals surface area (Å²) in [6, 6.07) is -4.99. The van der Waals surface area contributed by atoms with Gasteiger partial charge in [-0.15, -0.1) is 0 Å². The molecule has 1 rings (SSSR count). The fourth-order valence-corrected chi connectivity index (χ4v) is 9.14. The van der Waals surface area contributed by atoms with Crippen molar-refractivity contribution in [1.29, 1.82) is 0 Å². The van der Waals surface area contributed by atoms with Crippen LogP contribution in [0, 0.1) is 29.6 Å². The maximum absolute atomic E-state index is 14.5. The molecule has 0 fully saturated rings. The number of nitrogens with one attached hydrogen (secondary N) is 9. The van der Waals surface area contributed by atoms with Crippen molar-refractivity contribution in [1.82, 2.24) is 47.9 Å². The van der Waals surface area contributed by atoms with Gasteiger partial charge in [0.2, 0.25) is 59.1 Å². The second-order valence-corrected chi connectivity index (χ2v) is 23.9. The Morgan fingerprint density at radius 2 is 0.733 bits per heavy atom. The Morgan fingerprint density at radius 3 is 1.06 bits per heavy atom. The molecule has 0 bridgehead atoms. The molecule has 28 heteroatoms. The van der Waals surface area contributed by atoms with Crippen LogP contribution in [0.1, 0.15) is 152 Å². The third-order valence-electron chi connectivity index (χ3n) is 13.4. The summed E-state index contributed by atoms with van der Waals surface area (Å²) < 4.78 is 0. The second-order valence-electron chi connectivity index (χ2n) is 23.9. The zero-order chi connectivity index (χ0) is 65.4. The van der Waals surface area contributed by atoms with E-state index < -0.39 is 119 Å². The van der Waals surface area contributed by atoms with Gasteiger partial charge in [0, 0.05) is 26.4 Å². The predicted molar refractivity (Wildman–Crippen MR) is 329 cm³/mol. The lowest BCUT2D eigenvalue weighted by atomic mass is 9.97. The van der Waals surface area contributed by atoms with Crippen LogP contribution in [-0.4, -0.2) is 150 Å². The Bertz CT molecular complexity index is 2410. The number of unbranched alkanes of at least 4 members (excludes halogenated alkanes) is 1. The summed E-state index contributed by atoms with van der Waals surface area (Å²) in [4.78, 5) is 146. The summed E-state index contributed by atoms with van der Waals surface area (Å²) in [6.07, 6.45) is 1.82. The Morgan fingerprint density at radius 1 is 0.419 bits per heavy atom. The van der Waals surface area contributed by atoms with Gasteiger partial charge in [0.25, 0.3) is 0 Å². The van der Waals surface area contributed by atoms with Crippen LogP contribution >= 0.6 is 0 Å². The molecule has 22 N–H and O–H groups in total. The average molecular weight is 1210 g/mol. The minimum atomic E-state index is -1.35. The molecular weight excluding hydrogens is 1110 g/mol. The molecule has 1 aromatic carbocycles. The molecule has 0 radical (unpaired) electrons. The summed E-state index contributed by atoms with van der Waals surface area (Å²) >= 11 is 0. The van der Waals surface area contributed by atoms with E-state index in [4.69, 9.17) is 34.4 Å². The molecule has 0 aliphatic heterocycles. The normalized spacial score (nSPS) is 14.4. The van der Waals surface area contributed by atoms with Gasteiger partial charge in [0.1, 0.15) is 60.1 Å². The predicted octanol–water partition coefficient (Wildman–Crippen LogP) is -1.12. The number of amides is 10. The number of carbonyl (C=O) groups is 10. The molecule has 1 aromatic rings. The third kappa shape index (κ3) is 31.4. The lowest BCUT2D eigenvalue weighted by Crippen LogP contribution is -2.61. The van der Waals surface area contributed by atoms with Crippen molar-refractivity contribution in [3.05, 3.63) is 29.8 Å². The number of nitrogens with two attached hydrogens (primary N) is 6. The second kappa shape index (κ2) is 39.8. The highest BCUT2D eigenvalue weighted by Gasteiger charge is 2.36. The number of guanidine groups is 2. The SMILES string of the molecule is CC(=O)N[C@@H](CC(C)C)C(=O)N[C@@H](CC(C)C)C(=O)N[C@@H](CC(C)C)C(=O)N[C@@H](CC(C)C)C(=O)N[C@@H](CCCN=C(N)N)C(=O)N[C@H](C(=O)N[C@@H](CCCCN)C(=O)N[C@@H](CCCN=C(N)N)C(=O)N[C@@H](Cc1ccc(O)cc1)C(N)=O)C(C)C. The van der Waals surface area contributed by atoms with Crippen molar-refractivity contribution in [2.45, 2.75) is 208 Å². The van der Waals surface area contributed by atoms with E-state index in [1.165, 1.54) is 19.1 Å². The molecule has 0 spiro atoms. The van der Waals surface area contributed by atoms with Crippen molar-refractivity contribution in [2.75, 3.05) is 19.6 Å². The van der Waals surface area contributed by atoms with Crippen LogP contribution in [0.15, 0.2) is 34.3 Å². The molecule has 0 aliphatic carbocycles. The number of primary amides is 1. The maximum atomic E-state index is 14.5. The van der Waals surface area contributed by atoms with E-state index in [1.54, 1.807) is 26.0 Å². The average Bonchev–Trinajstić information content (AvgIpc) is 2.42. The van der Waals surface area contributed by atoms with Gasteiger partial charge in [0.05, 0.1) is 0 Å². The highest BCUT2D eigenvalue weighted by molar-refractivity contribution is 5.98. The Kier molecular flexibility index (Phi) is 35.2. The van der Waals surface area contributed by atoms with Gasteiger partial charge >= 0.3 is 0 Å². The molecule has 28 nitrogen and oxygen atoms in total. The first-order chi connectivity index (χ1) is 40.2. The first-order valence-electron chi connectivity index (χ1n) is 29.8. The number of aromatic hydroxyl groups is 1. The van der Waals surface area contributed by atoms with E-state index in [0.29, 0.717) is 24.8 Å². The topological polar surface area (TPSA) is 480 Å². The molecule has 0 heterocycles. The number of aliphatic imine (C=N–C) groups is 2. The lowest BCUT2D eigenvalue weighted by molar-refractivity contribution is -0.136. The summed E-state index contributed by atoms with van der Waals surface area (Å²) in [5.41, 5.74) is 34.3. The zero-order valence-corrected chi connectivity index (χ0v) is 52.4. The summed E-state index contributed by atoms with van der Waals surface area (Å²) in [5, 5.41) is 34.3. The van der Waals surface area contributed by atoms with Crippen LogP contribution in [0.2, 0.25) is 0 Å². The van der Waals surface area contributed by atoms with Gasteiger partial charge < -0.3 is 87.4 Å². The van der Waals surface area contributed by atoms with E-state index in [2.05, 4.69) is 57.8 Å². The minimum Gasteiger partial charge on any atom is -0.508 e. The fraction of sp³-hybridized carbons (Fsp3) is 0.690. The molecule has 9 atom stereocenters. The monoisotopic (exact) mass is 1210 g/mol. The maximum Gasteiger partial charge on any atom is 0.243 e. The molecule has 0 unspecified atom stereocenters. The van der Waals surface area contributed by atoms with Crippen molar-refractivity contribution < 1.29 is 53.1 Å². The van der Waals surface area contributed by atoms with Gasteiger partial charge in [-0.05, 0) is 124 Å². The largest absolute Gasteiger partial charge is 0.508 e. The quantitative estimate of drug-likeness (QED) is 0.0210. The molecule has 0 aliphatic rings. The summed E-state index contributed by atoms with van der Waals surface area (Å²) in [6.45, 7) is 19.9. The molecule has 86 heavy (non-hydrogen) atoms. The molecule has 0 saturated carbocycles. The van der Waals surface area contributed by atoms with E-state index in [0.717, 1.165) is 0 Å². The highest BCUT2D eigenvalue weighted by atomic mass is 16.3. The first-order valence-corrected chi connectivity index (χ1v) is 29.8. The minimum absolute atomic E-state index is 0.0143. The van der Waals surface area contributed by atoms with Crippen molar-refractivity contribution in [3.8, 4) is 5.75 Å². The molecule has 486 valence electrons. The summed E-state index contributed by atoms with van der Waals surface area (Å²) in [7, 11) is 0. The first kappa shape index (κ1) is 76.2. The van der Waals surface area contributed by atoms with Crippen molar-refractivity contribution >= 4 is 71.0 Å². The van der Waals surface area contributed by atoms with Gasteiger partial charge in [-0.1, -0.05) is 81.4 Å².